The van der Waals surface area contributed by atoms with Crippen LogP contribution in [0.25, 0.3) is 5.57 Å². The molecule has 2 radical (unpaired) electrons. The fourth-order valence-corrected chi connectivity index (χ4v) is 3.63. The smallest absolute Gasteiger partial charge is 0.181 e. The largest absolute Gasteiger partial charge is 0.464 e. The number of piperidine rings is 1. The maximum Gasteiger partial charge on any atom is 0.181 e. The van der Waals surface area contributed by atoms with Crippen molar-refractivity contribution in [3.8, 4) is 17.6 Å². The molecule has 2 unspecified atom stereocenters. The van der Waals surface area contributed by atoms with Gasteiger partial charge in [-0.2, -0.15) is 0 Å². The van der Waals surface area contributed by atoms with Crippen molar-refractivity contribution in [1.82, 2.24) is 9.88 Å². The number of nitrogens with zero attached hydrogens (tertiary/aromatic N) is 3. The van der Waals surface area contributed by atoms with Gasteiger partial charge in [-0.1, -0.05) is 37.8 Å². The third kappa shape index (κ3) is 7.59. The number of hydrogen-bond acceptors (Lipinski definition) is 8. The zero-order chi connectivity index (χ0) is 27.2. The Morgan fingerprint density at radius 3 is 2.65 bits per heavy atom. The number of aliphatic imine (C=N–C) groups is 1. The molecule has 3 rings (SSSR count). The van der Waals surface area contributed by atoms with Crippen LogP contribution in [0.2, 0.25) is 0 Å². The highest BCUT2D eigenvalue weighted by atomic mass is 16.6. The molecular formula is C28H36BN5O3. The van der Waals surface area contributed by atoms with Crippen molar-refractivity contribution in [3.63, 3.8) is 0 Å². The van der Waals surface area contributed by atoms with Gasteiger partial charge >= 0.3 is 0 Å². The molecule has 2 aromatic rings. The number of benzene rings is 1. The van der Waals surface area contributed by atoms with Gasteiger partial charge in [-0.25, -0.2) is 4.98 Å². The maximum atomic E-state index is 11.0. The summed E-state index contributed by atoms with van der Waals surface area (Å²) in [6.07, 6.45) is 6.71. The van der Waals surface area contributed by atoms with Crippen LogP contribution in [-0.2, 0) is 5.69 Å². The first-order valence-electron chi connectivity index (χ1n) is 12.4. The lowest BCUT2D eigenvalue weighted by Gasteiger charge is -2.27. The van der Waals surface area contributed by atoms with Gasteiger partial charge in [0.1, 0.15) is 5.60 Å². The Labute approximate surface area is 220 Å². The van der Waals surface area contributed by atoms with Crippen molar-refractivity contribution in [2.45, 2.75) is 50.9 Å². The summed E-state index contributed by atoms with van der Waals surface area (Å²) in [6.45, 7) is 7.43. The van der Waals surface area contributed by atoms with E-state index in [1.165, 1.54) is 6.20 Å². The highest BCUT2D eigenvalue weighted by Crippen LogP contribution is 2.30. The van der Waals surface area contributed by atoms with Crippen LogP contribution < -0.4 is 16.2 Å². The summed E-state index contributed by atoms with van der Waals surface area (Å²) in [7, 11) is 8.25. The van der Waals surface area contributed by atoms with E-state index < -0.39 is 11.3 Å². The van der Waals surface area contributed by atoms with E-state index in [-0.39, 0.29) is 29.1 Å². The molecule has 6 N–H and O–H groups in total. The predicted octanol–water partition coefficient (Wildman–Crippen LogP) is 2.24. The summed E-state index contributed by atoms with van der Waals surface area (Å²) in [5.74, 6) is 5.88. The second-order valence-corrected chi connectivity index (χ2v) is 9.97. The van der Waals surface area contributed by atoms with Crippen molar-refractivity contribution >= 4 is 25.5 Å². The van der Waals surface area contributed by atoms with E-state index in [9.17, 15) is 10.2 Å². The van der Waals surface area contributed by atoms with Crippen LogP contribution in [0.3, 0.4) is 0 Å². The van der Waals surface area contributed by atoms with Gasteiger partial charge in [-0.15, -0.1) is 0 Å². The molecule has 0 aliphatic carbocycles. The normalized spacial score (nSPS) is 18.7. The minimum Gasteiger partial charge on any atom is -0.464 e. The lowest BCUT2D eigenvalue weighted by Crippen LogP contribution is -2.33. The van der Waals surface area contributed by atoms with Crippen molar-refractivity contribution in [2.24, 2.45) is 16.6 Å². The minimum atomic E-state index is -2.22. The molecule has 1 aliphatic heterocycles. The second kappa shape index (κ2) is 11.8. The summed E-state index contributed by atoms with van der Waals surface area (Å²) in [4.78, 5) is 11.2. The van der Waals surface area contributed by atoms with Crippen LogP contribution in [0.4, 0.5) is 5.82 Å². The number of nitrogens with two attached hydrogens (primary N) is 2. The Morgan fingerprint density at radius 2 is 2.00 bits per heavy atom. The van der Waals surface area contributed by atoms with Crippen LogP contribution in [-0.4, -0.2) is 65.9 Å². The molecule has 1 aromatic heterocycles. The topological polar surface area (TPSA) is 130 Å². The molecule has 1 aromatic carbocycles. The van der Waals surface area contributed by atoms with E-state index in [1.54, 1.807) is 49.7 Å². The number of aliphatic hydroxyl groups is 2. The third-order valence-electron chi connectivity index (χ3n) is 6.63. The number of rotatable bonds is 7. The Balaban J connectivity index is 1.81. The van der Waals surface area contributed by atoms with Crippen molar-refractivity contribution in [3.05, 3.63) is 59.4 Å². The highest BCUT2D eigenvalue weighted by Gasteiger charge is 2.27. The van der Waals surface area contributed by atoms with E-state index in [0.29, 0.717) is 16.7 Å². The minimum absolute atomic E-state index is 0.0532. The molecule has 1 aliphatic rings. The van der Waals surface area contributed by atoms with Gasteiger partial charge in [0, 0.05) is 40.9 Å². The monoisotopic (exact) mass is 501 g/mol. The van der Waals surface area contributed by atoms with Gasteiger partial charge in [0.2, 0.25) is 0 Å². The number of aromatic nitrogens is 1. The number of ether oxygens (including phenoxy) is 1. The Morgan fingerprint density at radius 1 is 1.30 bits per heavy atom. The van der Waals surface area contributed by atoms with Crippen LogP contribution in [0.5, 0.6) is 5.75 Å². The first-order valence-corrected chi connectivity index (χ1v) is 12.4. The molecule has 8 nitrogen and oxygen atoms in total. The van der Waals surface area contributed by atoms with Crippen LogP contribution in [0.15, 0.2) is 47.7 Å². The lowest BCUT2D eigenvalue weighted by molar-refractivity contribution is -0.0671. The summed E-state index contributed by atoms with van der Waals surface area (Å²) in [5.41, 5.74) is 10.6. The number of nitrogen functional groups attached to an aromatic ring is 1. The molecule has 0 amide bonds. The Bertz CT molecular complexity index is 1210. The third-order valence-corrected chi connectivity index (χ3v) is 6.63. The standard InChI is InChI=1S/C28H36BN5O3/c1-19(2)27(3,35)11-8-20-6-5-7-23(14-20)28(29,36)37-25-15-21(17-33-26(25)31)22(16-30)18-32-24-9-12-34(4)13-10-24/h5-7,14-19,24,35-36H,9-10,12-13,30H2,1-4H3,(H2,31,33). The quantitative estimate of drug-likeness (QED) is 0.198. The van der Waals surface area contributed by atoms with E-state index in [0.717, 1.165) is 25.9 Å². The Hall–Kier alpha value is -3.32. The fraction of sp³-hybridized carbons (Fsp3) is 0.429. The van der Waals surface area contributed by atoms with Gasteiger partial charge < -0.3 is 31.3 Å². The first kappa shape index (κ1) is 28.3. The number of pyridine rings is 1. The molecule has 37 heavy (non-hydrogen) atoms. The molecule has 2 atom stereocenters. The predicted molar refractivity (Wildman–Crippen MR) is 149 cm³/mol. The summed E-state index contributed by atoms with van der Waals surface area (Å²) >= 11 is 0. The van der Waals surface area contributed by atoms with Gasteiger partial charge in [0.05, 0.1) is 6.04 Å². The van der Waals surface area contributed by atoms with E-state index >= 15 is 0 Å². The summed E-state index contributed by atoms with van der Waals surface area (Å²) in [6, 6.07) is 8.49. The van der Waals surface area contributed by atoms with Crippen LogP contribution in [0.1, 0.15) is 50.3 Å². The van der Waals surface area contributed by atoms with Crippen molar-refractivity contribution < 1.29 is 14.9 Å². The number of hydrogen-bond donors (Lipinski definition) is 4. The average molecular weight is 501 g/mol. The molecule has 0 saturated carbocycles. The summed E-state index contributed by atoms with van der Waals surface area (Å²) < 4.78 is 5.73. The first-order chi connectivity index (χ1) is 17.4. The molecule has 0 spiro atoms. The summed E-state index contributed by atoms with van der Waals surface area (Å²) in [5, 5.41) is 21.4. The van der Waals surface area contributed by atoms with Gasteiger partial charge in [-0.3, -0.25) is 4.99 Å². The lowest BCUT2D eigenvalue weighted by atomic mass is 9.86. The van der Waals surface area contributed by atoms with E-state index in [4.69, 9.17) is 29.0 Å². The van der Waals surface area contributed by atoms with Crippen LogP contribution in [0, 0.1) is 17.8 Å². The molecular weight excluding hydrogens is 465 g/mol. The number of likely N-dealkylation sites (tertiary alicyclic amines) is 1. The Kier molecular flexibility index (Phi) is 9.03. The van der Waals surface area contributed by atoms with E-state index in [2.05, 4.69) is 28.8 Å². The average Bonchev–Trinajstić information content (AvgIpc) is 2.86. The van der Waals surface area contributed by atoms with Gasteiger partial charge in [0.25, 0.3) is 0 Å². The number of allylic oxidation sites excluding steroid dienone is 1. The molecule has 9 heteroatoms. The van der Waals surface area contributed by atoms with Gasteiger partial charge in [-0.05, 0) is 64.0 Å². The van der Waals surface area contributed by atoms with Crippen molar-refractivity contribution in [2.75, 3.05) is 25.9 Å². The SMILES string of the molecule is [B]C(O)(Oc1cc(C(C=NC2CCN(C)CC2)=CN)cnc1N)c1cccc(C#CC(C)(O)C(C)C)c1. The van der Waals surface area contributed by atoms with E-state index in [1.807, 2.05) is 13.8 Å². The highest BCUT2D eigenvalue weighted by molar-refractivity contribution is 6.13. The maximum absolute atomic E-state index is 11.0. The number of anilines is 1. The molecule has 0 bridgehead atoms. The zero-order valence-electron chi connectivity index (χ0n) is 22.0. The molecule has 1 saturated heterocycles. The molecule has 1 fully saturated rings. The second-order valence-electron chi connectivity index (χ2n) is 9.97. The fourth-order valence-electron chi connectivity index (χ4n) is 3.63. The molecule has 194 valence electrons. The van der Waals surface area contributed by atoms with Gasteiger partial charge in [0.15, 0.2) is 25.1 Å². The van der Waals surface area contributed by atoms with Crippen LogP contribution >= 0.6 is 0 Å². The zero-order valence-corrected chi connectivity index (χ0v) is 22.0. The molecule has 2 heterocycles. The van der Waals surface area contributed by atoms with Crippen molar-refractivity contribution in [1.29, 1.82) is 0 Å².